The molecule has 0 bridgehead atoms. The molecule has 0 saturated carbocycles. The van der Waals surface area contributed by atoms with Gasteiger partial charge in [-0.15, -0.1) is 0 Å². The fourth-order valence-corrected chi connectivity index (χ4v) is 4.56. The van der Waals surface area contributed by atoms with Gasteiger partial charge in [0.2, 0.25) is 6.79 Å². The standard InChI is InChI=1S/C22H27N3O5S/c26-21-15(7-14-8-19-20(30-13-29-19)9-18(14)24-21)11-25(12-17-4-2-6-28-17)22(31)23-10-16-3-1-5-27-16/h7-9,16-17H,1-6,10-13H2,(H,23,31)(H,24,26)/t16-,17+/m0/s1. The van der Waals surface area contributed by atoms with Gasteiger partial charge in [-0.05, 0) is 50.0 Å². The van der Waals surface area contributed by atoms with Crippen molar-refractivity contribution in [1.82, 2.24) is 15.2 Å². The van der Waals surface area contributed by atoms with Crippen molar-refractivity contribution < 1.29 is 18.9 Å². The van der Waals surface area contributed by atoms with Crippen LogP contribution in [0.15, 0.2) is 23.0 Å². The van der Waals surface area contributed by atoms with Gasteiger partial charge in [0.15, 0.2) is 16.6 Å². The van der Waals surface area contributed by atoms with E-state index in [2.05, 4.69) is 10.3 Å². The smallest absolute Gasteiger partial charge is 0.253 e. The molecule has 4 heterocycles. The Morgan fingerprint density at radius 3 is 2.58 bits per heavy atom. The van der Waals surface area contributed by atoms with Crippen LogP contribution in [-0.4, -0.2) is 60.3 Å². The van der Waals surface area contributed by atoms with E-state index < -0.39 is 0 Å². The van der Waals surface area contributed by atoms with E-state index in [1.807, 2.05) is 17.0 Å². The summed E-state index contributed by atoms with van der Waals surface area (Å²) in [6.07, 6.45) is 4.50. The molecule has 9 heteroatoms. The van der Waals surface area contributed by atoms with Crippen LogP contribution in [0.3, 0.4) is 0 Å². The maximum atomic E-state index is 12.8. The SMILES string of the molecule is O=c1[nH]c2cc3c(cc2cc1CN(C[C@H]1CCCO1)C(=S)NC[C@@H]1CCCO1)OCO3. The molecule has 8 nitrogen and oxygen atoms in total. The third kappa shape index (κ3) is 4.63. The Labute approximate surface area is 185 Å². The molecule has 31 heavy (non-hydrogen) atoms. The summed E-state index contributed by atoms with van der Waals surface area (Å²) in [5.74, 6) is 1.34. The highest BCUT2D eigenvalue weighted by Crippen LogP contribution is 2.35. The van der Waals surface area contributed by atoms with E-state index in [-0.39, 0.29) is 24.6 Å². The fraction of sp³-hybridized carbons (Fsp3) is 0.545. The molecule has 2 atom stereocenters. The Morgan fingerprint density at radius 2 is 1.84 bits per heavy atom. The van der Waals surface area contributed by atoms with Crippen LogP contribution >= 0.6 is 12.2 Å². The third-order valence-corrected chi connectivity index (χ3v) is 6.42. The minimum atomic E-state index is -0.134. The van der Waals surface area contributed by atoms with Gasteiger partial charge in [0.1, 0.15) is 0 Å². The Bertz CT molecular complexity index is 1010. The van der Waals surface area contributed by atoms with Gasteiger partial charge in [-0.25, -0.2) is 0 Å². The highest BCUT2D eigenvalue weighted by atomic mass is 32.1. The quantitative estimate of drug-likeness (QED) is 0.656. The number of aromatic nitrogens is 1. The van der Waals surface area contributed by atoms with Crippen molar-refractivity contribution >= 4 is 28.2 Å². The number of hydrogen-bond donors (Lipinski definition) is 2. The minimum Gasteiger partial charge on any atom is -0.454 e. The van der Waals surface area contributed by atoms with E-state index >= 15 is 0 Å². The lowest BCUT2D eigenvalue weighted by molar-refractivity contribution is 0.0885. The monoisotopic (exact) mass is 445 g/mol. The summed E-state index contributed by atoms with van der Waals surface area (Å²) >= 11 is 5.70. The maximum absolute atomic E-state index is 12.8. The van der Waals surface area contributed by atoms with Crippen LogP contribution in [0.1, 0.15) is 31.2 Å². The van der Waals surface area contributed by atoms with E-state index in [0.29, 0.717) is 41.8 Å². The zero-order chi connectivity index (χ0) is 21.2. The summed E-state index contributed by atoms with van der Waals surface area (Å²) in [6.45, 7) is 3.51. The molecule has 0 radical (unpaired) electrons. The average molecular weight is 446 g/mol. The van der Waals surface area contributed by atoms with Crippen molar-refractivity contribution in [3.05, 3.63) is 34.1 Å². The number of thiocarbonyl (C=S) groups is 1. The number of H-pyrrole nitrogens is 1. The first kappa shape index (κ1) is 20.5. The Kier molecular flexibility index (Phi) is 5.97. The number of benzene rings is 1. The average Bonchev–Trinajstić information content (AvgIpc) is 3.53. The van der Waals surface area contributed by atoms with Gasteiger partial charge in [-0.1, -0.05) is 0 Å². The van der Waals surface area contributed by atoms with Crippen LogP contribution in [0.25, 0.3) is 10.9 Å². The molecule has 2 saturated heterocycles. The highest BCUT2D eigenvalue weighted by molar-refractivity contribution is 7.80. The molecule has 0 unspecified atom stereocenters. The van der Waals surface area contributed by atoms with Crippen molar-refractivity contribution in [1.29, 1.82) is 0 Å². The van der Waals surface area contributed by atoms with Crippen LogP contribution in [0, 0.1) is 0 Å². The van der Waals surface area contributed by atoms with Crippen LogP contribution in [-0.2, 0) is 16.0 Å². The maximum Gasteiger partial charge on any atom is 0.253 e. The normalized spacial score (nSPS) is 22.2. The van der Waals surface area contributed by atoms with Crippen molar-refractivity contribution in [3.63, 3.8) is 0 Å². The summed E-state index contributed by atoms with van der Waals surface area (Å²) in [5.41, 5.74) is 1.24. The molecule has 2 aromatic rings. The molecule has 0 aliphatic carbocycles. The van der Waals surface area contributed by atoms with Crippen LogP contribution in [0.4, 0.5) is 0 Å². The number of pyridine rings is 1. The number of ether oxygens (including phenoxy) is 4. The number of hydrogen-bond acceptors (Lipinski definition) is 6. The summed E-state index contributed by atoms with van der Waals surface area (Å²) < 4.78 is 22.4. The second kappa shape index (κ2) is 9.02. The first-order valence-corrected chi connectivity index (χ1v) is 11.3. The predicted molar refractivity (Wildman–Crippen MR) is 120 cm³/mol. The summed E-state index contributed by atoms with van der Waals surface area (Å²) in [4.78, 5) is 17.8. The molecule has 5 rings (SSSR count). The second-order valence-electron chi connectivity index (χ2n) is 8.25. The highest BCUT2D eigenvalue weighted by Gasteiger charge is 2.24. The second-order valence-corrected chi connectivity index (χ2v) is 8.64. The van der Waals surface area contributed by atoms with E-state index in [0.717, 1.165) is 49.8 Å². The molecule has 166 valence electrons. The number of rotatable bonds is 6. The van der Waals surface area contributed by atoms with Gasteiger partial charge >= 0.3 is 0 Å². The molecule has 2 N–H and O–H groups in total. The summed E-state index contributed by atoms with van der Waals surface area (Å²) in [6, 6.07) is 5.61. The molecular formula is C22H27N3O5S. The summed E-state index contributed by atoms with van der Waals surface area (Å²) in [5, 5.41) is 4.86. The Hall–Kier alpha value is -2.36. The first-order valence-electron chi connectivity index (χ1n) is 10.9. The minimum absolute atomic E-state index is 0.121. The fourth-order valence-electron chi connectivity index (χ4n) is 4.34. The largest absolute Gasteiger partial charge is 0.454 e. The molecule has 0 amide bonds. The lowest BCUT2D eigenvalue weighted by atomic mass is 10.1. The molecule has 0 spiro atoms. The van der Waals surface area contributed by atoms with E-state index in [4.69, 9.17) is 31.2 Å². The van der Waals surface area contributed by atoms with Crippen LogP contribution < -0.4 is 20.3 Å². The summed E-state index contributed by atoms with van der Waals surface area (Å²) in [7, 11) is 0. The third-order valence-electron chi connectivity index (χ3n) is 6.02. The van der Waals surface area contributed by atoms with Gasteiger partial charge in [-0.2, -0.15) is 0 Å². The first-order chi connectivity index (χ1) is 15.2. The molecule has 3 aliphatic rings. The van der Waals surface area contributed by atoms with Crippen molar-refractivity contribution in [2.45, 2.75) is 44.4 Å². The van der Waals surface area contributed by atoms with Gasteiger partial charge in [0.25, 0.3) is 5.56 Å². The number of fused-ring (bicyclic) bond motifs is 2. The van der Waals surface area contributed by atoms with Crippen molar-refractivity contribution in [2.24, 2.45) is 0 Å². The zero-order valence-corrected chi connectivity index (χ0v) is 18.2. The number of aromatic amines is 1. The Morgan fingerprint density at radius 1 is 1.10 bits per heavy atom. The molecule has 3 aliphatic heterocycles. The van der Waals surface area contributed by atoms with Crippen molar-refractivity contribution in [3.8, 4) is 11.5 Å². The lowest BCUT2D eigenvalue weighted by Crippen LogP contribution is -2.45. The topological polar surface area (TPSA) is 85.1 Å². The molecule has 1 aromatic carbocycles. The van der Waals surface area contributed by atoms with Gasteiger partial charge in [0.05, 0.1) is 24.3 Å². The Balaban J connectivity index is 1.36. The van der Waals surface area contributed by atoms with Crippen LogP contribution in [0.2, 0.25) is 0 Å². The number of nitrogens with zero attached hydrogens (tertiary/aromatic N) is 1. The zero-order valence-electron chi connectivity index (χ0n) is 17.4. The number of nitrogens with one attached hydrogen (secondary N) is 2. The van der Waals surface area contributed by atoms with Gasteiger partial charge in [-0.3, -0.25) is 4.79 Å². The molecular weight excluding hydrogens is 418 g/mol. The van der Waals surface area contributed by atoms with Gasteiger partial charge in [0, 0.05) is 43.3 Å². The van der Waals surface area contributed by atoms with E-state index in [9.17, 15) is 4.79 Å². The van der Waals surface area contributed by atoms with E-state index in [1.165, 1.54) is 0 Å². The molecule has 1 aromatic heterocycles. The van der Waals surface area contributed by atoms with E-state index in [1.54, 1.807) is 6.07 Å². The molecule has 2 fully saturated rings. The van der Waals surface area contributed by atoms with Crippen LogP contribution in [0.5, 0.6) is 11.5 Å². The van der Waals surface area contributed by atoms with Gasteiger partial charge < -0.3 is 34.1 Å². The lowest BCUT2D eigenvalue weighted by Gasteiger charge is -2.28. The predicted octanol–water partition coefficient (Wildman–Crippen LogP) is 2.29. The van der Waals surface area contributed by atoms with Crippen molar-refractivity contribution in [2.75, 3.05) is 33.1 Å².